The Kier molecular flexibility index (Phi) is 4.73. The monoisotopic (exact) mass is 263 g/mol. The summed E-state index contributed by atoms with van der Waals surface area (Å²) in [6.45, 7) is 3.97. The van der Waals surface area contributed by atoms with Crippen LogP contribution in [0.2, 0.25) is 0 Å². The molecule has 0 aliphatic carbocycles. The molecule has 2 N–H and O–H groups in total. The highest BCUT2D eigenvalue weighted by molar-refractivity contribution is 5.29. The second-order valence-corrected chi connectivity index (χ2v) is 4.59. The summed E-state index contributed by atoms with van der Waals surface area (Å²) in [6, 6.07) is 2.45. The minimum absolute atomic E-state index is 0.319. The first-order chi connectivity index (χ1) is 8.25. The van der Waals surface area contributed by atoms with E-state index in [0.717, 1.165) is 18.6 Å². The van der Waals surface area contributed by atoms with E-state index >= 15 is 0 Å². The first-order valence-corrected chi connectivity index (χ1v) is 5.88. The fraction of sp³-hybridized carbons (Fsp3) is 0.538. The van der Waals surface area contributed by atoms with Crippen LogP contribution >= 0.6 is 0 Å². The Balaban J connectivity index is 2.98. The lowest BCUT2D eigenvalue weighted by molar-refractivity contribution is -0.140. The van der Waals surface area contributed by atoms with E-state index in [0.29, 0.717) is 17.9 Å². The minimum atomic E-state index is -4.68. The van der Waals surface area contributed by atoms with Gasteiger partial charge in [0.2, 0.25) is 0 Å². The van der Waals surface area contributed by atoms with E-state index in [1.807, 2.05) is 13.8 Å². The summed E-state index contributed by atoms with van der Waals surface area (Å²) in [5.41, 5.74) is 4.92. The van der Waals surface area contributed by atoms with Crippen molar-refractivity contribution < 1.29 is 17.6 Å². The quantitative estimate of drug-likeness (QED) is 0.806. The molecule has 1 aromatic rings. The standard InChI is InChI=1S/C13H17F4N/c1-3-8(2)6-12(18)9-4-5-11(14)10(7-9)13(15,16)17/h4-5,7-8,12H,3,6,18H2,1-2H3. The smallest absolute Gasteiger partial charge is 0.324 e. The molecule has 0 fully saturated rings. The van der Waals surface area contributed by atoms with Crippen LogP contribution in [0.1, 0.15) is 43.9 Å². The van der Waals surface area contributed by atoms with Crippen molar-refractivity contribution in [3.05, 3.63) is 35.1 Å². The summed E-state index contributed by atoms with van der Waals surface area (Å²) in [5, 5.41) is 0. The van der Waals surface area contributed by atoms with Crippen molar-refractivity contribution in [1.29, 1.82) is 0 Å². The Bertz CT molecular complexity index is 400. The zero-order valence-electron chi connectivity index (χ0n) is 10.4. The Labute approximate surface area is 104 Å². The Hall–Kier alpha value is -1.10. The molecule has 1 nitrogen and oxygen atoms in total. The van der Waals surface area contributed by atoms with Crippen LogP contribution in [-0.2, 0) is 6.18 Å². The fourth-order valence-electron chi connectivity index (χ4n) is 1.73. The molecule has 1 aromatic carbocycles. The maximum absolute atomic E-state index is 13.1. The van der Waals surface area contributed by atoms with Gasteiger partial charge in [-0.15, -0.1) is 0 Å². The number of nitrogens with two attached hydrogens (primary N) is 1. The molecule has 18 heavy (non-hydrogen) atoms. The lowest BCUT2D eigenvalue weighted by Crippen LogP contribution is -2.16. The molecule has 0 saturated heterocycles. The predicted octanol–water partition coefficient (Wildman–Crippen LogP) is 4.28. The molecule has 0 bridgehead atoms. The van der Waals surface area contributed by atoms with E-state index in [2.05, 4.69) is 0 Å². The largest absolute Gasteiger partial charge is 0.419 e. The van der Waals surface area contributed by atoms with Crippen LogP contribution in [0.15, 0.2) is 18.2 Å². The number of alkyl halides is 3. The van der Waals surface area contributed by atoms with Gasteiger partial charge in [0, 0.05) is 6.04 Å². The number of benzene rings is 1. The van der Waals surface area contributed by atoms with Crippen LogP contribution in [0, 0.1) is 11.7 Å². The Morgan fingerprint density at radius 1 is 1.28 bits per heavy atom. The third kappa shape index (κ3) is 3.70. The molecule has 0 heterocycles. The van der Waals surface area contributed by atoms with E-state index in [1.165, 1.54) is 6.07 Å². The van der Waals surface area contributed by atoms with Gasteiger partial charge in [0.15, 0.2) is 0 Å². The molecule has 0 aliphatic heterocycles. The van der Waals surface area contributed by atoms with Crippen molar-refractivity contribution in [3.8, 4) is 0 Å². The highest BCUT2D eigenvalue weighted by Gasteiger charge is 2.34. The zero-order valence-corrected chi connectivity index (χ0v) is 10.4. The molecular weight excluding hydrogens is 246 g/mol. The summed E-state index contributed by atoms with van der Waals surface area (Å²) < 4.78 is 50.7. The van der Waals surface area contributed by atoms with Crippen molar-refractivity contribution in [2.24, 2.45) is 11.7 Å². The molecule has 0 amide bonds. The van der Waals surface area contributed by atoms with Gasteiger partial charge < -0.3 is 5.73 Å². The number of rotatable bonds is 4. The lowest BCUT2D eigenvalue weighted by atomic mass is 9.94. The van der Waals surface area contributed by atoms with E-state index in [4.69, 9.17) is 5.73 Å². The maximum Gasteiger partial charge on any atom is 0.419 e. The van der Waals surface area contributed by atoms with Crippen molar-refractivity contribution in [3.63, 3.8) is 0 Å². The molecular formula is C13H17F4N. The molecule has 1 rings (SSSR count). The van der Waals surface area contributed by atoms with Crippen LogP contribution in [-0.4, -0.2) is 0 Å². The van der Waals surface area contributed by atoms with Crippen molar-refractivity contribution in [2.45, 2.75) is 38.9 Å². The summed E-state index contributed by atoms with van der Waals surface area (Å²) >= 11 is 0. The van der Waals surface area contributed by atoms with Gasteiger partial charge in [0.05, 0.1) is 5.56 Å². The lowest BCUT2D eigenvalue weighted by Gasteiger charge is -2.18. The van der Waals surface area contributed by atoms with E-state index in [-0.39, 0.29) is 0 Å². The van der Waals surface area contributed by atoms with Gasteiger partial charge >= 0.3 is 6.18 Å². The van der Waals surface area contributed by atoms with Gasteiger partial charge in [0.1, 0.15) is 5.82 Å². The number of hydrogen-bond donors (Lipinski definition) is 1. The predicted molar refractivity (Wildman–Crippen MR) is 62.4 cm³/mol. The topological polar surface area (TPSA) is 26.0 Å². The summed E-state index contributed by atoms with van der Waals surface area (Å²) in [4.78, 5) is 0. The summed E-state index contributed by atoms with van der Waals surface area (Å²) in [7, 11) is 0. The zero-order chi connectivity index (χ0) is 13.9. The van der Waals surface area contributed by atoms with Crippen LogP contribution < -0.4 is 5.73 Å². The van der Waals surface area contributed by atoms with Crippen molar-refractivity contribution in [1.82, 2.24) is 0 Å². The molecule has 0 aliphatic rings. The average molecular weight is 263 g/mol. The molecule has 0 radical (unpaired) electrons. The van der Waals surface area contributed by atoms with E-state index in [1.54, 1.807) is 0 Å². The number of hydrogen-bond acceptors (Lipinski definition) is 1. The van der Waals surface area contributed by atoms with Crippen LogP contribution in [0.3, 0.4) is 0 Å². The Morgan fingerprint density at radius 2 is 1.89 bits per heavy atom. The molecule has 2 atom stereocenters. The highest BCUT2D eigenvalue weighted by Crippen LogP contribution is 2.33. The first kappa shape index (κ1) is 15.0. The fourth-order valence-corrected chi connectivity index (χ4v) is 1.73. The van der Waals surface area contributed by atoms with Gasteiger partial charge in [-0.1, -0.05) is 26.3 Å². The molecule has 0 aromatic heterocycles. The third-order valence-electron chi connectivity index (χ3n) is 3.08. The average Bonchev–Trinajstić information content (AvgIpc) is 2.27. The van der Waals surface area contributed by atoms with Gasteiger partial charge in [-0.25, -0.2) is 4.39 Å². The third-order valence-corrected chi connectivity index (χ3v) is 3.08. The Morgan fingerprint density at radius 3 is 2.39 bits per heavy atom. The van der Waals surface area contributed by atoms with Gasteiger partial charge in [0.25, 0.3) is 0 Å². The number of halogens is 4. The van der Waals surface area contributed by atoms with Gasteiger partial charge in [-0.2, -0.15) is 13.2 Å². The molecule has 0 spiro atoms. The van der Waals surface area contributed by atoms with E-state index in [9.17, 15) is 17.6 Å². The maximum atomic E-state index is 13.1. The van der Waals surface area contributed by atoms with Crippen LogP contribution in [0.25, 0.3) is 0 Å². The van der Waals surface area contributed by atoms with Gasteiger partial charge in [-0.3, -0.25) is 0 Å². The summed E-state index contributed by atoms with van der Waals surface area (Å²) in [5.74, 6) is -0.943. The van der Waals surface area contributed by atoms with Gasteiger partial charge in [-0.05, 0) is 30.0 Å². The van der Waals surface area contributed by atoms with Crippen molar-refractivity contribution >= 4 is 0 Å². The van der Waals surface area contributed by atoms with E-state index < -0.39 is 23.6 Å². The molecule has 0 saturated carbocycles. The molecule has 102 valence electrons. The SMILES string of the molecule is CCC(C)CC(N)c1ccc(F)c(C(F)(F)F)c1. The van der Waals surface area contributed by atoms with Crippen LogP contribution in [0.5, 0.6) is 0 Å². The second-order valence-electron chi connectivity index (χ2n) is 4.59. The normalized spacial score (nSPS) is 15.5. The summed E-state index contributed by atoms with van der Waals surface area (Å²) in [6.07, 6.45) is -3.20. The first-order valence-electron chi connectivity index (χ1n) is 5.88. The second kappa shape index (κ2) is 5.69. The van der Waals surface area contributed by atoms with Crippen molar-refractivity contribution in [2.75, 3.05) is 0 Å². The molecule has 2 unspecified atom stereocenters. The molecule has 5 heteroatoms. The van der Waals surface area contributed by atoms with Crippen LogP contribution in [0.4, 0.5) is 17.6 Å². The minimum Gasteiger partial charge on any atom is -0.324 e. The highest BCUT2D eigenvalue weighted by atomic mass is 19.4.